The molecule has 1 aromatic heterocycles. The summed E-state index contributed by atoms with van der Waals surface area (Å²) >= 11 is 0. The average molecular weight is 255 g/mol. The summed E-state index contributed by atoms with van der Waals surface area (Å²) < 4.78 is 6.55. The second-order valence-corrected chi connectivity index (χ2v) is 4.15. The maximum absolute atomic E-state index is 12.1. The zero-order valence-corrected chi connectivity index (χ0v) is 10.5. The Balaban J connectivity index is 2.32. The minimum Gasteiger partial charge on any atom is -0.394 e. The minimum absolute atomic E-state index is 0.0390. The number of nitrogens with two attached hydrogens (primary N) is 1. The molecule has 0 bridgehead atoms. The van der Waals surface area contributed by atoms with Crippen LogP contribution in [0, 0.1) is 0 Å². The molecule has 1 aliphatic heterocycles. The van der Waals surface area contributed by atoms with Gasteiger partial charge in [-0.05, 0) is 0 Å². The topological polar surface area (TPSA) is 96.8 Å². The second-order valence-electron chi connectivity index (χ2n) is 4.15. The molecule has 2 rings (SSSR count). The van der Waals surface area contributed by atoms with Gasteiger partial charge in [-0.3, -0.25) is 9.36 Å². The van der Waals surface area contributed by atoms with E-state index in [0.29, 0.717) is 18.2 Å². The van der Waals surface area contributed by atoms with E-state index in [-0.39, 0.29) is 31.5 Å². The summed E-state index contributed by atoms with van der Waals surface area (Å²) in [7, 11) is 3.40. The second kappa shape index (κ2) is 4.83. The molecule has 0 aromatic carbocycles. The summed E-state index contributed by atoms with van der Waals surface area (Å²) in [6.45, 7) is 0.975. The molecule has 0 aliphatic carbocycles. The predicted octanol–water partition coefficient (Wildman–Crippen LogP) is -1.46. The van der Waals surface area contributed by atoms with Gasteiger partial charge in [0.05, 0.1) is 19.9 Å². The van der Waals surface area contributed by atoms with Crippen molar-refractivity contribution >= 4 is 17.5 Å². The lowest BCUT2D eigenvalue weighted by Crippen LogP contribution is -2.31. The highest BCUT2D eigenvalue weighted by atomic mass is 16.5. The maximum Gasteiger partial charge on any atom is 0.280 e. The van der Waals surface area contributed by atoms with Crippen molar-refractivity contribution in [2.45, 2.75) is 0 Å². The number of rotatable bonds is 4. The van der Waals surface area contributed by atoms with Gasteiger partial charge in [0.25, 0.3) is 5.56 Å². The molecule has 100 valence electrons. The van der Waals surface area contributed by atoms with Crippen LogP contribution in [0.15, 0.2) is 4.79 Å². The van der Waals surface area contributed by atoms with Crippen molar-refractivity contribution < 1.29 is 9.84 Å². The highest BCUT2D eigenvalue weighted by Crippen LogP contribution is 2.29. The van der Waals surface area contributed by atoms with Gasteiger partial charge in [0.15, 0.2) is 5.82 Å². The lowest BCUT2D eigenvalue weighted by molar-refractivity contribution is 0.0930. The molecule has 0 saturated heterocycles. The van der Waals surface area contributed by atoms with E-state index in [2.05, 4.69) is 4.98 Å². The molecule has 0 unspecified atom stereocenters. The van der Waals surface area contributed by atoms with E-state index in [1.165, 1.54) is 4.57 Å². The van der Waals surface area contributed by atoms with Crippen LogP contribution in [0.25, 0.3) is 0 Å². The van der Waals surface area contributed by atoms with Crippen LogP contribution in [0.5, 0.6) is 0 Å². The van der Waals surface area contributed by atoms with Crippen LogP contribution < -0.4 is 21.1 Å². The number of nitrogens with zero attached hydrogens (tertiary/aromatic N) is 4. The summed E-state index contributed by atoms with van der Waals surface area (Å²) in [6.07, 6.45) is 0. The third kappa shape index (κ3) is 2.00. The monoisotopic (exact) mass is 255 g/mol. The number of aliphatic hydroxyl groups excluding tert-OH is 1. The first-order valence-corrected chi connectivity index (χ1v) is 5.57. The number of ether oxygens (including phenoxy) is 1. The van der Waals surface area contributed by atoms with Gasteiger partial charge in [0.1, 0.15) is 12.4 Å². The summed E-state index contributed by atoms with van der Waals surface area (Å²) in [6, 6.07) is 0. The number of hydrogen-bond donors (Lipinski definition) is 2. The maximum atomic E-state index is 12.1. The normalized spacial score (nSPS) is 14.2. The van der Waals surface area contributed by atoms with E-state index in [9.17, 15) is 4.79 Å². The number of hydrogen-bond acceptors (Lipinski definition) is 7. The molecule has 0 radical (unpaired) electrons. The Morgan fingerprint density at radius 1 is 1.50 bits per heavy atom. The Labute approximate surface area is 104 Å². The number of aromatic nitrogens is 2. The van der Waals surface area contributed by atoms with Crippen molar-refractivity contribution in [1.82, 2.24) is 9.55 Å². The Kier molecular flexibility index (Phi) is 3.39. The van der Waals surface area contributed by atoms with Crippen LogP contribution in [0.1, 0.15) is 0 Å². The standard InChI is InChI=1S/C10H17N5O3/c1-13-5-15(6-18-4-3-16)8-7(13)9(17)14(2)10(11)12-8/h16H,3-6H2,1-2H3,(H2,11,12). The lowest BCUT2D eigenvalue weighted by atomic mass is 10.4. The Hall–Kier alpha value is -1.80. The highest BCUT2D eigenvalue weighted by molar-refractivity contribution is 5.72. The molecule has 0 spiro atoms. The molecule has 0 fully saturated rings. The van der Waals surface area contributed by atoms with Gasteiger partial charge >= 0.3 is 0 Å². The lowest BCUT2D eigenvalue weighted by Gasteiger charge is -2.17. The Bertz CT molecular complexity index is 501. The van der Waals surface area contributed by atoms with E-state index < -0.39 is 0 Å². The molecular formula is C10H17N5O3. The van der Waals surface area contributed by atoms with Crippen molar-refractivity contribution in [1.29, 1.82) is 0 Å². The minimum atomic E-state index is -0.176. The van der Waals surface area contributed by atoms with Gasteiger partial charge in [-0.2, -0.15) is 4.98 Å². The van der Waals surface area contributed by atoms with E-state index in [1.807, 2.05) is 7.05 Å². The Morgan fingerprint density at radius 3 is 2.89 bits per heavy atom. The van der Waals surface area contributed by atoms with Gasteiger partial charge in [-0.1, -0.05) is 0 Å². The first-order chi connectivity index (χ1) is 8.56. The molecule has 8 heteroatoms. The third-order valence-corrected chi connectivity index (χ3v) is 2.83. The van der Waals surface area contributed by atoms with E-state index >= 15 is 0 Å². The van der Waals surface area contributed by atoms with Crippen molar-refractivity contribution in [2.24, 2.45) is 7.05 Å². The van der Waals surface area contributed by atoms with Crippen LogP contribution in [0.2, 0.25) is 0 Å². The van der Waals surface area contributed by atoms with Crippen molar-refractivity contribution in [2.75, 3.05) is 49.2 Å². The van der Waals surface area contributed by atoms with Crippen molar-refractivity contribution in [3.8, 4) is 0 Å². The molecule has 18 heavy (non-hydrogen) atoms. The first-order valence-electron chi connectivity index (χ1n) is 5.57. The third-order valence-electron chi connectivity index (χ3n) is 2.83. The molecule has 1 aromatic rings. The van der Waals surface area contributed by atoms with E-state index in [4.69, 9.17) is 15.6 Å². The summed E-state index contributed by atoms with van der Waals surface area (Å²) in [4.78, 5) is 19.9. The quantitative estimate of drug-likeness (QED) is 0.635. The number of nitrogen functional groups attached to an aromatic ring is 1. The molecule has 0 saturated carbocycles. The molecule has 0 atom stereocenters. The average Bonchev–Trinajstić information content (AvgIpc) is 2.63. The number of anilines is 3. The highest BCUT2D eigenvalue weighted by Gasteiger charge is 2.29. The summed E-state index contributed by atoms with van der Waals surface area (Å²) in [5.74, 6) is 0.692. The number of aliphatic hydroxyl groups is 1. The zero-order valence-electron chi connectivity index (χ0n) is 10.5. The fourth-order valence-electron chi connectivity index (χ4n) is 1.88. The van der Waals surface area contributed by atoms with Gasteiger partial charge in [0.2, 0.25) is 5.95 Å². The number of fused-ring (bicyclic) bond motifs is 1. The predicted molar refractivity (Wildman–Crippen MR) is 67.5 cm³/mol. The molecule has 0 amide bonds. The van der Waals surface area contributed by atoms with E-state index in [0.717, 1.165) is 0 Å². The van der Waals surface area contributed by atoms with Gasteiger partial charge in [0, 0.05) is 14.1 Å². The van der Waals surface area contributed by atoms with Gasteiger partial charge in [-0.25, -0.2) is 0 Å². The van der Waals surface area contributed by atoms with Crippen LogP contribution in [-0.4, -0.2) is 48.3 Å². The summed E-state index contributed by atoms with van der Waals surface area (Å²) in [5, 5.41) is 8.67. The summed E-state index contributed by atoms with van der Waals surface area (Å²) in [5.41, 5.74) is 6.02. The SMILES string of the molecule is CN1CN(COCCO)c2nc(N)n(C)c(=O)c21. The molecular weight excluding hydrogens is 238 g/mol. The van der Waals surface area contributed by atoms with Gasteiger partial charge in [-0.15, -0.1) is 0 Å². The van der Waals surface area contributed by atoms with E-state index in [1.54, 1.807) is 16.8 Å². The van der Waals surface area contributed by atoms with Gasteiger partial charge < -0.3 is 25.4 Å². The Morgan fingerprint density at radius 2 is 2.22 bits per heavy atom. The van der Waals surface area contributed by atoms with Crippen molar-refractivity contribution in [3.63, 3.8) is 0 Å². The molecule has 3 N–H and O–H groups in total. The largest absolute Gasteiger partial charge is 0.394 e. The smallest absolute Gasteiger partial charge is 0.280 e. The van der Waals surface area contributed by atoms with Crippen molar-refractivity contribution in [3.05, 3.63) is 10.4 Å². The fourth-order valence-corrected chi connectivity index (χ4v) is 1.88. The van der Waals surface area contributed by atoms with Crippen LogP contribution in [0.4, 0.5) is 17.5 Å². The molecule has 1 aliphatic rings. The molecule has 2 heterocycles. The van der Waals surface area contributed by atoms with Crippen LogP contribution in [0.3, 0.4) is 0 Å². The zero-order chi connectivity index (χ0) is 13.3. The first kappa shape index (κ1) is 12.7. The molecule has 8 nitrogen and oxygen atoms in total. The van der Waals surface area contributed by atoms with Crippen LogP contribution >= 0.6 is 0 Å². The fraction of sp³-hybridized carbons (Fsp3) is 0.600. The van der Waals surface area contributed by atoms with Crippen LogP contribution in [-0.2, 0) is 11.8 Å².